The predicted octanol–water partition coefficient (Wildman–Crippen LogP) is 3.18. The molecular formula is C16H26O4Si. The van der Waals surface area contributed by atoms with Crippen LogP contribution in [-0.4, -0.2) is 32.9 Å². The highest BCUT2D eigenvalue weighted by atomic mass is 28.4. The van der Waals surface area contributed by atoms with Crippen molar-refractivity contribution in [2.45, 2.75) is 45.3 Å². The summed E-state index contributed by atoms with van der Waals surface area (Å²) in [5.41, 5.74) is 0.813. The number of carbonyl (C=O) groups excluding carboxylic acids is 1. The monoisotopic (exact) mass is 310 g/mol. The van der Waals surface area contributed by atoms with Crippen LogP contribution in [0, 0.1) is 0 Å². The van der Waals surface area contributed by atoms with Crippen molar-refractivity contribution in [1.82, 2.24) is 0 Å². The lowest BCUT2D eigenvalue weighted by Gasteiger charge is -2.36. The number of hydrogen-bond donors (Lipinski definition) is 1. The molecule has 0 atom stereocenters. The SMILES string of the molecule is COc1cc(CC(=O)CO)ccc1O[Si](C)(C)C(C)(C)C. The van der Waals surface area contributed by atoms with E-state index in [4.69, 9.17) is 14.3 Å². The first-order valence-corrected chi connectivity index (χ1v) is 10.00. The summed E-state index contributed by atoms with van der Waals surface area (Å²) in [6.45, 7) is 10.5. The van der Waals surface area contributed by atoms with Gasteiger partial charge in [-0.15, -0.1) is 0 Å². The molecule has 0 unspecified atom stereocenters. The highest BCUT2D eigenvalue weighted by Crippen LogP contribution is 2.40. The molecule has 0 aliphatic carbocycles. The molecule has 21 heavy (non-hydrogen) atoms. The third-order valence-corrected chi connectivity index (χ3v) is 8.32. The van der Waals surface area contributed by atoms with E-state index in [1.165, 1.54) is 0 Å². The zero-order valence-corrected chi connectivity index (χ0v) is 14.8. The van der Waals surface area contributed by atoms with Crippen molar-refractivity contribution in [2.24, 2.45) is 0 Å². The number of methoxy groups -OCH3 is 1. The molecule has 0 saturated carbocycles. The molecule has 0 spiro atoms. The summed E-state index contributed by atoms with van der Waals surface area (Å²) in [6, 6.07) is 5.49. The van der Waals surface area contributed by atoms with Crippen LogP contribution < -0.4 is 9.16 Å². The largest absolute Gasteiger partial charge is 0.541 e. The molecule has 1 N–H and O–H groups in total. The van der Waals surface area contributed by atoms with Crippen LogP contribution in [0.5, 0.6) is 11.5 Å². The van der Waals surface area contributed by atoms with E-state index in [1.54, 1.807) is 13.2 Å². The number of aliphatic hydroxyl groups excluding tert-OH is 1. The van der Waals surface area contributed by atoms with Crippen molar-refractivity contribution in [2.75, 3.05) is 13.7 Å². The van der Waals surface area contributed by atoms with Crippen molar-refractivity contribution in [3.05, 3.63) is 23.8 Å². The molecule has 0 aliphatic heterocycles. The lowest BCUT2D eigenvalue weighted by atomic mass is 10.1. The Morgan fingerprint density at radius 2 is 1.86 bits per heavy atom. The van der Waals surface area contributed by atoms with Crippen LogP contribution in [-0.2, 0) is 11.2 Å². The molecule has 0 bridgehead atoms. The first-order chi connectivity index (χ1) is 9.60. The van der Waals surface area contributed by atoms with Gasteiger partial charge in [-0.2, -0.15) is 0 Å². The summed E-state index contributed by atoms with van der Waals surface area (Å²) >= 11 is 0. The standard InChI is InChI=1S/C16H26O4Si/c1-16(2,3)21(5,6)20-14-8-7-12(9-13(18)11-17)10-15(14)19-4/h7-8,10,17H,9,11H2,1-6H3. The molecule has 0 aromatic heterocycles. The van der Waals surface area contributed by atoms with Gasteiger partial charge in [-0.3, -0.25) is 4.79 Å². The van der Waals surface area contributed by atoms with E-state index in [0.717, 1.165) is 5.56 Å². The van der Waals surface area contributed by atoms with Crippen molar-refractivity contribution < 1.29 is 19.1 Å². The molecular weight excluding hydrogens is 284 g/mol. The normalized spacial score (nSPS) is 12.1. The molecule has 0 fully saturated rings. The first-order valence-electron chi connectivity index (χ1n) is 7.09. The maximum atomic E-state index is 11.3. The smallest absolute Gasteiger partial charge is 0.250 e. The van der Waals surface area contributed by atoms with Crippen LogP contribution in [0.25, 0.3) is 0 Å². The van der Waals surface area contributed by atoms with Crippen LogP contribution >= 0.6 is 0 Å². The average molecular weight is 310 g/mol. The number of carbonyl (C=O) groups is 1. The molecule has 118 valence electrons. The van der Waals surface area contributed by atoms with Gasteiger partial charge in [0.2, 0.25) is 0 Å². The van der Waals surface area contributed by atoms with Gasteiger partial charge in [-0.1, -0.05) is 26.8 Å². The Bertz CT molecular complexity index is 503. The Labute approximate surface area is 128 Å². The fourth-order valence-corrected chi connectivity index (χ4v) is 2.64. The van der Waals surface area contributed by atoms with E-state index >= 15 is 0 Å². The first kappa shape index (κ1) is 17.7. The highest BCUT2D eigenvalue weighted by Gasteiger charge is 2.39. The number of ether oxygens (including phenoxy) is 1. The van der Waals surface area contributed by atoms with Gasteiger partial charge in [0, 0.05) is 6.42 Å². The zero-order chi connectivity index (χ0) is 16.3. The maximum Gasteiger partial charge on any atom is 0.250 e. The zero-order valence-electron chi connectivity index (χ0n) is 13.8. The van der Waals surface area contributed by atoms with Gasteiger partial charge in [0.1, 0.15) is 12.4 Å². The summed E-state index contributed by atoms with van der Waals surface area (Å²) in [5, 5.41) is 8.92. The van der Waals surface area contributed by atoms with E-state index in [-0.39, 0.29) is 17.2 Å². The third kappa shape index (κ3) is 4.57. The number of hydrogen-bond acceptors (Lipinski definition) is 4. The number of Topliss-reactive ketones (excluding diaryl/α,β-unsaturated/α-hetero) is 1. The lowest BCUT2D eigenvalue weighted by molar-refractivity contribution is -0.121. The van der Waals surface area contributed by atoms with Crippen LogP contribution in [0.2, 0.25) is 18.1 Å². The van der Waals surface area contributed by atoms with Gasteiger partial charge in [-0.25, -0.2) is 0 Å². The van der Waals surface area contributed by atoms with Crippen molar-refractivity contribution in [3.63, 3.8) is 0 Å². The van der Waals surface area contributed by atoms with Crippen LogP contribution in [0.1, 0.15) is 26.3 Å². The molecule has 4 nitrogen and oxygen atoms in total. The van der Waals surface area contributed by atoms with E-state index in [1.807, 2.05) is 12.1 Å². The van der Waals surface area contributed by atoms with Gasteiger partial charge in [0.25, 0.3) is 8.32 Å². The molecule has 5 heteroatoms. The van der Waals surface area contributed by atoms with E-state index in [0.29, 0.717) is 11.5 Å². The minimum absolute atomic E-state index is 0.101. The van der Waals surface area contributed by atoms with Crippen LogP contribution in [0.15, 0.2) is 18.2 Å². The second-order valence-corrected chi connectivity index (χ2v) is 11.4. The summed E-state index contributed by atoms with van der Waals surface area (Å²) < 4.78 is 11.6. The minimum Gasteiger partial charge on any atom is -0.541 e. The second-order valence-electron chi connectivity index (χ2n) is 6.72. The summed E-state index contributed by atoms with van der Waals surface area (Å²) in [5.74, 6) is 1.13. The third-order valence-electron chi connectivity index (χ3n) is 3.98. The van der Waals surface area contributed by atoms with E-state index in [2.05, 4.69) is 33.9 Å². The summed E-state index contributed by atoms with van der Waals surface area (Å²) in [4.78, 5) is 11.3. The molecule has 0 aliphatic rings. The Balaban J connectivity index is 3.02. The quantitative estimate of drug-likeness (QED) is 0.820. The summed E-state index contributed by atoms with van der Waals surface area (Å²) in [6.07, 6.45) is 0.202. The fourth-order valence-electron chi connectivity index (χ4n) is 1.62. The van der Waals surface area contributed by atoms with Crippen LogP contribution in [0.3, 0.4) is 0 Å². The van der Waals surface area contributed by atoms with E-state index in [9.17, 15) is 4.79 Å². The van der Waals surface area contributed by atoms with Gasteiger partial charge < -0.3 is 14.3 Å². The van der Waals surface area contributed by atoms with E-state index < -0.39 is 14.9 Å². The number of benzene rings is 1. The fraction of sp³-hybridized carbons (Fsp3) is 0.562. The van der Waals surface area contributed by atoms with Crippen LogP contribution in [0.4, 0.5) is 0 Å². The molecule has 0 radical (unpaired) electrons. The van der Waals surface area contributed by atoms with Gasteiger partial charge in [0.05, 0.1) is 7.11 Å². The van der Waals surface area contributed by atoms with Gasteiger partial charge in [-0.05, 0) is 35.8 Å². The Morgan fingerprint density at radius 1 is 1.24 bits per heavy atom. The van der Waals surface area contributed by atoms with Crippen molar-refractivity contribution in [3.8, 4) is 11.5 Å². The van der Waals surface area contributed by atoms with Crippen molar-refractivity contribution in [1.29, 1.82) is 0 Å². The predicted molar refractivity (Wildman–Crippen MR) is 86.6 cm³/mol. The maximum absolute atomic E-state index is 11.3. The van der Waals surface area contributed by atoms with Gasteiger partial charge in [0.15, 0.2) is 11.5 Å². The second kappa shape index (κ2) is 6.62. The Kier molecular flexibility index (Phi) is 5.59. The molecule has 0 amide bonds. The minimum atomic E-state index is -1.94. The average Bonchev–Trinajstić information content (AvgIpc) is 2.38. The number of rotatable bonds is 6. The van der Waals surface area contributed by atoms with Crippen molar-refractivity contribution >= 4 is 14.1 Å². The lowest BCUT2D eigenvalue weighted by Crippen LogP contribution is -2.43. The number of aliphatic hydroxyl groups is 1. The topological polar surface area (TPSA) is 55.8 Å². The number of ketones is 1. The molecule has 1 rings (SSSR count). The van der Waals surface area contributed by atoms with Gasteiger partial charge >= 0.3 is 0 Å². The highest BCUT2D eigenvalue weighted by molar-refractivity contribution is 6.74. The molecule has 1 aromatic carbocycles. The molecule has 0 heterocycles. The Morgan fingerprint density at radius 3 is 2.33 bits per heavy atom. The molecule has 0 saturated heterocycles. The molecule has 1 aromatic rings. The summed E-state index contributed by atoms with van der Waals surface area (Å²) in [7, 11) is -0.348. The Hall–Kier alpha value is -1.33.